The molecular formula is C12H20N2O3S. The van der Waals surface area contributed by atoms with Crippen molar-refractivity contribution in [2.75, 3.05) is 12.4 Å². The van der Waals surface area contributed by atoms with Gasteiger partial charge in [0.2, 0.25) is 15.0 Å². The van der Waals surface area contributed by atoms with Crippen molar-refractivity contribution in [2.24, 2.45) is 0 Å². The Morgan fingerprint density at radius 1 is 1.50 bits per heavy atom. The molecule has 1 saturated heterocycles. The number of aromatic nitrogens is 2. The van der Waals surface area contributed by atoms with Gasteiger partial charge in [-0.05, 0) is 25.2 Å². The predicted octanol–water partition coefficient (Wildman–Crippen LogP) is 1.88. The molecule has 18 heavy (non-hydrogen) atoms. The zero-order valence-corrected chi connectivity index (χ0v) is 11.7. The van der Waals surface area contributed by atoms with Gasteiger partial charge in [-0.25, -0.2) is 13.4 Å². The van der Waals surface area contributed by atoms with Gasteiger partial charge in [0.15, 0.2) is 0 Å². The van der Waals surface area contributed by atoms with Crippen LogP contribution in [0.5, 0.6) is 0 Å². The Morgan fingerprint density at radius 2 is 2.28 bits per heavy atom. The minimum Gasteiger partial charge on any atom is -0.377 e. The Labute approximate surface area is 108 Å². The second-order valence-corrected chi connectivity index (χ2v) is 7.02. The topological polar surface area (TPSA) is 72.1 Å². The number of imidazole rings is 1. The lowest BCUT2D eigenvalue weighted by molar-refractivity contribution is 0.0304. The number of rotatable bonds is 4. The quantitative estimate of drug-likeness (QED) is 0.908. The van der Waals surface area contributed by atoms with Crippen molar-refractivity contribution in [2.45, 2.75) is 50.3 Å². The molecule has 102 valence electrons. The first-order valence-electron chi connectivity index (χ1n) is 6.38. The van der Waals surface area contributed by atoms with Crippen molar-refractivity contribution in [3.63, 3.8) is 0 Å². The van der Waals surface area contributed by atoms with Gasteiger partial charge in [-0.3, -0.25) is 0 Å². The summed E-state index contributed by atoms with van der Waals surface area (Å²) in [5, 5.41) is 0.0698. The average molecular weight is 272 g/mol. The fourth-order valence-electron chi connectivity index (χ4n) is 2.03. The van der Waals surface area contributed by atoms with Crippen LogP contribution in [0.3, 0.4) is 0 Å². The molecule has 2 heterocycles. The second kappa shape index (κ2) is 5.40. The van der Waals surface area contributed by atoms with Gasteiger partial charge in [-0.2, -0.15) is 0 Å². The molecule has 0 aliphatic carbocycles. The summed E-state index contributed by atoms with van der Waals surface area (Å²) in [7, 11) is -3.36. The Morgan fingerprint density at radius 3 is 2.83 bits per heavy atom. The van der Waals surface area contributed by atoms with Crippen LogP contribution in [0.2, 0.25) is 0 Å². The minimum atomic E-state index is -3.36. The third kappa shape index (κ3) is 3.11. The average Bonchev–Trinajstić information content (AvgIpc) is 2.79. The van der Waals surface area contributed by atoms with E-state index in [0.717, 1.165) is 25.0 Å². The van der Waals surface area contributed by atoms with Crippen LogP contribution in [0.4, 0.5) is 0 Å². The normalized spacial score (nSPS) is 21.4. The highest BCUT2D eigenvalue weighted by molar-refractivity contribution is 7.91. The molecule has 1 N–H and O–H groups in total. The number of hydrogen-bond donors (Lipinski definition) is 1. The summed E-state index contributed by atoms with van der Waals surface area (Å²) in [5.41, 5.74) is 0.845. The summed E-state index contributed by atoms with van der Waals surface area (Å²) in [4.78, 5) is 6.86. The fraction of sp³-hybridized carbons (Fsp3) is 0.750. The summed E-state index contributed by atoms with van der Waals surface area (Å²) in [6, 6.07) is 0. The molecule has 1 aromatic rings. The first-order chi connectivity index (χ1) is 8.49. The molecule has 0 spiro atoms. The maximum Gasteiger partial charge on any atom is 0.225 e. The van der Waals surface area contributed by atoms with E-state index in [9.17, 15) is 8.42 Å². The van der Waals surface area contributed by atoms with Gasteiger partial charge in [-0.15, -0.1) is 0 Å². The highest BCUT2D eigenvalue weighted by atomic mass is 32.2. The van der Waals surface area contributed by atoms with E-state index in [1.54, 1.807) is 6.20 Å². The molecule has 1 fully saturated rings. The lowest BCUT2D eigenvalue weighted by atomic mass is 10.1. The lowest BCUT2D eigenvalue weighted by Gasteiger charge is -2.21. The van der Waals surface area contributed by atoms with Gasteiger partial charge in [0, 0.05) is 18.5 Å². The van der Waals surface area contributed by atoms with Crippen molar-refractivity contribution in [1.29, 1.82) is 0 Å². The molecule has 0 radical (unpaired) electrons. The van der Waals surface area contributed by atoms with Crippen LogP contribution in [0.15, 0.2) is 11.4 Å². The molecule has 6 heteroatoms. The number of nitrogens with zero attached hydrogens (tertiary/aromatic N) is 1. The third-order valence-electron chi connectivity index (χ3n) is 3.17. The number of sulfone groups is 1. The summed E-state index contributed by atoms with van der Waals surface area (Å²) < 4.78 is 29.8. The highest BCUT2D eigenvalue weighted by Gasteiger charge is 2.26. The number of H-pyrrole nitrogens is 1. The molecule has 5 nitrogen and oxygen atoms in total. The lowest BCUT2D eigenvalue weighted by Crippen LogP contribution is -2.28. The highest BCUT2D eigenvalue weighted by Crippen LogP contribution is 2.19. The maximum absolute atomic E-state index is 12.2. The number of ether oxygens (including phenoxy) is 1. The standard InChI is InChI=1S/C12H20N2O3S/c1-9(2)11-7-13-12(14-11)18(15,16)8-10-5-3-4-6-17-10/h7,9-10H,3-6,8H2,1-2H3,(H,13,14). The van der Waals surface area contributed by atoms with E-state index in [1.807, 2.05) is 13.8 Å². The van der Waals surface area contributed by atoms with Crippen molar-refractivity contribution in [1.82, 2.24) is 9.97 Å². The third-order valence-corrected chi connectivity index (χ3v) is 4.78. The van der Waals surface area contributed by atoms with Gasteiger partial charge in [0.1, 0.15) is 0 Å². The molecule has 0 bridgehead atoms. The molecule has 1 aliphatic heterocycles. The van der Waals surface area contributed by atoms with Crippen molar-refractivity contribution < 1.29 is 13.2 Å². The zero-order chi connectivity index (χ0) is 13.2. The predicted molar refractivity (Wildman–Crippen MR) is 68.3 cm³/mol. The monoisotopic (exact) mass is 272 g/mol. The van der Waals surface area contributed by atoms with Gasteiger partial charge in [0.25, 0.3) is 0 Å². The first kappa shape index (κ1) is 13.5. The molecule has 0 aromatic carbocycles. The van der Waals surface area contributed by atoms with Crippen LogP contribution in [-0.4, -0.2) is 36.8 Å². The van der Waals surface area contributed by atoms with Crippen LogP contribution < -0.4 is 0 Å². The Bertz CT molecular complexity index is 487. The Balaban J connectivity index is 2.09. The minimum absolute atomic E-state index is 0.0258. The van der Waals surface area contributed by atoms with Gasteiger partial charge in [-0.1, -0.05) is 13.8 Å². The summed E-state index contributed by atoms with van der Waals surface area (Å²) in [5.74, 6) is 0.269. The van der Waals surface area contributed by atoms with E-state index in [2.05, 4.69) is 9.97 Å². The number of aromatic amines is 1. The smallest absolute Gasteiger partial charge is 0.225 e. The molecule has 1 aromatic heterocycles. The van der Waals surface area contributed by atoms with E-state index in [4.69, 9.17) is 4.74 Å². The van der Waals surface area contributed by atoms with Gasteiger partial charge < -0.3 is 9.72 Å². The molecular weight excluding hydrogens is 252 g/mol. The zero-order valence-electron chi connectivity index (χ0n) is 10.8. The van der Waals surface area contributed by atoms with E-state index in [1.165, 1.54) is 0 Å². The summed E-state index contributed by atoms with van der Waals surface area (Å²) in [6.07, 6.45) is 4.29. The largest absolute Gasteiger partial charge is 0.377 e. The van der Waals surface area contributed by atoms with Crippen LogP contribution >= 0.6 is 0 Å². The molecule has 0 saturated carbocycles. The SMILES string of the molecule is CC(C)c1cnc(S(=O)(=O)CC2CCCCO2)[nH]1. The van der Waals surface area contributed by atoms with E-state index >= 15 is 0 Å². The van der Waals surface area contributed by atoms with Crippen LogP contribution in [0.1, 0.15) is 44.7 Å². The second-order valence-electron chi connectivity index (χ2n) is 5.07. The fourth-order valence-corrected chi connectivity index (χ4v) is 3.43. The van der Waals surface area contributed by atoms with Gasteiger partial charge in [0.05, 0.1) is 11.9 Å². The first-order valence-corrected chi connectivity index (χ1v) is 8.03. The van der Waals surface area contributed by atoms with Crippen molar-refractivity contribution in [3.8, 4) is 0 Å². The Kier molecular flexibility index (Phi) is 4.07. The van der Waals surface area contributed by atoms with Crippen molar-refractivity contribution in [3.05, 3.63) is 11.9 Å². The maximum atomic E-state index is 12.2. The molecule has 0 amide bonds. The number of hydrogen-bond acceptors (Lipinski definition) is 4. The van der Waals surface area contributed by atoms with Crippen LogP contribution in [0, 0.1) is 0 Å². The molecule has 1 atom stereocenters. The van der Waals surface area contributed by atoms with Gasteiger partial charge >= 0.3 is 0 Å². The number of nitrogens with one attached hydrogen (secondary N) is 1. The molecule has 1 unspecified atom stereocenters. The summed E-state index contributed by atoms with van der Waals surface area (Å²) in [6.45, 7) is 4.65. The summed E-state index contributed by atoms with van der Waals surface area (Å²) >= 11 is 0. The van der Waals surface area contributed by atoms with Crippen LogP contribution in [0.25, 0.3) is 0 Å². The van der Waals surface area contributed by atoms with E-state index in [0.29, 0.717) is 6.61 Å². The van der Waals surface area contributed by atoms with E-state index in [-0.39, 0.29) is 22.9 Å². The molecule has 2 rings (SSSR count). The van der Waals surface area contributed by atoms with Crippen molar-refractivity contribution >= 4 is 9.84 Å². The Hall–Kier alpha value is -0.880. The van der Waals surface area contributed by atoms with Crippen LogP contribution in [-0.2, 0) is 14.6 Å². The molecule has 1 aliphatic rings. The van der Waals surface area contributed by atoms with E-state index < -0.39 is 9.84 Å².